The maximum atomic E-state index is 11.9. The Bertz CT molecular complexity index is 464. The highest BCUT2D eigenvalue weighted by molar-refractivity contribution is 7.91. The molecule has 0 heterocycles. The van der Waals surface area contributed by atoms with Crippen molar-refractivity contribution < 1.29 is 9.66 Å². The van der Waals surface area contributed by atoms with Crippen LogP contribution in [0.1, 0.15) is 45.2 Å². The number of phenolic OH excluding ortho intramolecular Hbond substituents is 1. The summed E-state index contributed by atoms with van der Waals surface area (Å²) in [5.41, 5.74) is 2.94. The van der Waals surface area contributed by atoms with E-state index in [1.807, 2.05) is 46.8 Å². The van der Waals surface area contributed by atoms with E-state index in [-0.39, 0.29) is 4.75 Å². The average molecular weight is 281 g/mol. The second kappa shape index (κ2) is 6.44. The molecule has 0 bridgehead atoms. The summed E-state index contributed by atoms with van der Waals surface area (Å²) >= 11 is -1.19. The van der Waals surface area contributed by atoms with Crippen LogP contribution in [0.3, 0.4) is 0 Å². The van der Waals surface area contributed by atoms with Crippen molar-refractivity contribution in [2.75, 3.05) is 0 Å². The largest absolute Gasteiger partial charge is 0.591 e. The zero-order valence-electron chi connectivity index (χ0n) is 12.4. The van der Waals surface area contributed by atoms with Gasteiger partial charge in [-0.2, -0.15) is 0 Å². The number of phenols is 1. The summed E-state index contributed by atoms with van der Waals surface area (Å²) in [5.74, 6) is 0.322. The van der Waals surface area contributed by atoms with Crippen molar-refractivity contribution in [2.45, 2.75) is 52.2 Å². The van der Waals surface area contributed by atoms with Gasteiger partial charge in [-0.05, 0) is 64.7 Å². The third-order valence-corrected chi connectivity index (χ3v) is 4.32. The molecule has 1 unspecified atom stereocenters. The van der Waals surface area contributed by atoms with Crippen LogP contribution in [0.4, 0.5) is 0 Å². The molecular weight excluding hydrogens is 258 g/mol. The molecule has 1 N–H and O–H groups in total. The number of rotatable bonds is 4. The molecule has 0 spiro atoms. The van der Waals surface area contributed by atoms with Crippen LogP contribution in [-0.2, 0) is 17.8 Å². The van der Waals surface area contributed by atoms with E-state index in [1.165, 1.54) is 0 Å². The fourth-order valence-corrected chi connectivity index (χ4v) is 2.17. The van der Waals surface area contributed by atoms with Crippen molar-refractivity contribution in [1.82, 2.24) is 0 Å². The van der Waals surface area contributed by atoms with Gasteiger partial charge in [0.15, 0.2) is 0 Å². The third kappa shape index (κ3) is 5.25. The van der Waals surface area contributed by atoms with Crippen LogP contribution in [0.25, 0.3) is 0 Å². The van der Waals surface area contributed by atoms with Crippen molar-refractivity contribution >= 4 is 17.1 Å². The van der Waals surface area contributed by atoms with Gasteiger partial charge in [-0.3, -0.25) is 0 Å². The SMILES string of the molecule is CC(CCc1ccc(O)c(C)c1)=N[S+]([O-])C(C)(C)C. The van der Waals surface area contributed by atoms with E-state index >= 15 is 0 Å². The first-order chi connectivity index (χ1) is 8.70. The van der Waals surface area contributed by atoms with E-state index in [2.05, 4.69) is 4.40 Å². The molecule has 4 heteroatoms. The molecule has 0 radical (unpaired) electrons. The van der Waals surface area contributed by atoms with Crippen molar-refractivity contribution in [2.24, 2.45) is 4.40 Å². The molecule has 0 aliphatic carbocycles. The van der Waals surface area contributed by atoms with Crippen LogP contribution in [0.15, 0.2) is 22.6 Å². The van der Waals surface area contributed by atoms with E-state index < -0.39 is 11.4 Å². The first kappa shape index (κ1) is 16.1. The van der Waals surface area contributed by atoms with Gasteiger partial charge >= 0.3 is 0 Å². The van der Waals surface area contributed by atoms with E-state index in [9.17, 15) is 9.66 Å². The molecule has 0 saturated heterocycles. The van der Waals surface area contributed by atoms with Crippen molar-refractivity contribution in [1.29, 1.82) is 0 Å². The first-order valence-corrected chi connectivity index (χ1v) is 7.55. The van der Waals surface area contributed by atoms with Gasteiger partial charge < -0.3 is 9.66 Å². The number of aromatic hydroxyl groups is 1. The summed E-state index contributed by atoms with van der Waals surface area (Å²) in [6.45, 7) is 9.56. The number of aryl methyl sites for hydroxylation is 2. The topological polar surface area (TPSA) is 55.7 Å². The minimum absolute atomic E-state index is 0.309. The molecule has 19 heavy (non-hydrogen) atoms. The van der Waals surface area contributed by atoms with Crippen LogP contribution >= 0.6 is 0 Å². The van der Waals surface area contributed by atoms with Gasteiger partial charge in [0, 0.05) is 0 Å². The highest BCUT2D eigenvalue weighted by Gasteiger charge is 2.26. The second-order valence-electron chi connectivity index (χ2n) is 5.81. The molecular formula is C15H23NO2S. The summed E-state index contributed by atoms with van der Waals surface area (Å²) in [5, 5.41) is 9.47. The van der Waals surface area contributed by atoms with Crippen molar-refractivity contribution in [3.8, 4) is 5.75 Å². The Morgan fingerprint density at radius 3 is 2.53 bits per heavy atom. The smallest absolute Gasteiger partial charge is 0.144 e. The Hall–Kier alpha value is -1.00. The standard InChI is InChI=1S/C15H23NO2S/c1-11-10-13(8-9-14(11)17)7-6-12(2)16-19(18)15(3,4)5/h8-10,17H,6-7H2,1-5H3. The normalized spacial score (nSPS) is 14.5. The highest BCUT2D eigenvalue weighted by atomic mass is 32.2. The van der Waals surface area contributed by atoms with E-state index in [1.54, 1.807) is 6.07 Å². The summed E-state index contributed by atoms with van der Waals surface area (Å²) in [4.78, 5) is 0. The molecule has 0 saturated carbocycles. The molecule has 0 fully saturated rings. The van der Waals surface area contributed by atoms with Gasteiger partial charge in [0.1, 0.15) is 21.9 Å². The highest BCUT2D eigenvalue weighted by Crippen LogP contribution is 2.19. The molecule has 0 amide bonds. The summed E-state index contributed by atoms with van der Waals surface area (Å²) in [6, 6.07) is 5.60. The maximum absolute atomic E-state index is 11.9. The minimum atomic E-state index is -1.19. The van der Waals surface area contributed by atoms with Gasteiger partial charge in [0.25, 0.3) is 0 Å². The van der Waals surface area contributed by atoms with E-state index in [0.29, 0.717) is 5.75 Å². The average Bonchev–Trinajstić information content (AvgIpc) is 2.29. The zero-order chi connectivity index (χ0) is 14.6. The van der Waals surface area contributed by atoms with Crippen LogP contribution in [-0.4, -0.2) is 20.1 Å². The lowest BCUT2D eigenvalue weighted by atomic mass is 10.1. The summed E-state index contributed by atoms with van der Waals surface area (Å²) in [7, 11) is 0. The van der Waals surface area contributed by atoms with Gasteiger partial charge in [0.2, 0.25) is 0 Å². The number of hydrogen-bond acceptors (Lipinski definition) is 3. The molecule has 1 atom stereocenters. The van der Waals surface area contributed by atoms with E-state index in [4.69, 9.17) is 0 Å². The lowest BCUT2D eigenvalue weighted by molar-refractivity contribution is 0.471. The Balaban J connectivity index is 2.61. The fraction of sp³-hybridized carbons (Fsp3) is 0.533. The first-order valence-electron chi connectivity index (χ1n) is 6.45. The number of hydrogen-bond donors (Lipinski definition) is 1. The van der Waals surface area contributed by atoms with Crippen LogP contribution < -0.4 is 0 Å². The lowest BCUT2D eigenvalue weighted by Crippen LogP contribution is -2.26. The molecule has 0 aliphatic heterocycles. The summed E-state index contributed by atoms with van der Waals surface area (Å²) < 4.78 is 15.8. The fourth-order valence-electron chi connectivity index (χ4n) is 1.52. The maximum Gasteiger partial charge on any atom is 0.144 e. The van der Waals surface area contributed by atoms with Crippen LogP contribution in [0.2, 0.25) is 0 Å². The lowest BCUT2D eigenvalue weighted by Gasteiger charge is -2.18. The van der Waals surface area contributed by atoms with Crippen molar-refractivity contribution in [3.63, 3.8) is 0 Å². The predicted octanol–water partition coefficient (Wildman–Crippen LogP) is 3.56. The quantitative estimate of drug-likeness (QED) is 0.677. The van der Waals surface area contributed by atoms with Crippen molar-refractivity contribution in [3.05, 3.63) is 29.3 Å². The Kier molecular flexibility index (Phi) is 5.44. The number of benzene rings is 1. The minimum Gasteiger partial charge on any atom is -0.591 e. The third-order valence-electron chi connectivity index (χ3n) is 2.80. The van der Waals surface area contributed by atoms with Gasteiger partial charge in [-0.15, -0.1) is 0 Å². The van der Waals surface area contributed by atoms with Gasteiger partial charge in [-0.25, -0.2) is 0 Å². The molecule has 1 rings (SSSR count). The summed E-state index contributed by atoms with van der Waals surface area (Å²) in [6.07, 6.45) is 1.63. The van der Waals surface area contributed by atoms with Crippen LogP contribution in [0, 0.1) is 6.92 Å². The Labute approximate surface area is 119 Å². The Morgan fingerprint density at radius 2 is 2.00 bits per heavy atom. The molecule has 0 aliphatic rings. The molecule has 3 nitrogen and oxygen atoms in total. The second-order valence-corrected chi connectivity index (χ2v) is 7.71. The number of nitrogens with zero attached hydrogens (tertiary/aromatic N) is 1. The molecule has 1 aromatic rings. The van der Waals surface area contributed by atoms with Gasteiger partial charge in [0.05, 0.1) is 5.71 Å². The van der Waals surface area contributed by atoms with Gasteiger partial charge in [-0.1, -0.05) is 16.5 Å². The Morgan fingerprint density at radius 1 is 1.37 bits per heavy atom. The van der Waals surface area contributed by atoms with E-state index in [0.717, 1.165) is 29.7 Å². The predicted molar refractivity (Wildman–Crippen MR) is 82.2 cm³/mol. The van der Waals surface area contributed by atoms with Crippen LogP contribution in [0.5, 0.6) is 5.75 Å². The molecule has 106 valence electrons. The monoisotopic (exact) mass is 281 g/mol. The molecule has 1 aromatic carbocycles. The molecule has 0 aromatic heterocycles. The zero-order valence-corrected chi connectivity index (χ0v) is 13.2.